The summed E-state index contributed by atoms with van der Waals surface area (Å²) in [5, 5.41) is 3.33. The average Bonchev–Trinajstić information content (AvgIpc) is 3.42. The first-order valence-corrected chi connectivity index (χ1v) is 10.4. The molecule has 9 nitrogen and oxygen atoms in total. The van der Waals surface area contributed by atoms with E-state index in [0.717, 1.165) is 54.2 Å². The summed E-state index contributed by atoms with van der Waals surface area (Å²) in [5.74, 6) is 0.769. The number of benzene rings is 1. The van der Waals surface area contributed by atoms with E-state index in [4.69, 9.17) is 25.6 Å². The van der Waals surface area contributed by atoms with Gasteiger partial charge in [-0.05, 0) is 49.0 Å². The molecule has 1 unspecified atom stereocenters. The first-order valence-electron chi connectivity index (χ1n) is 10.4. The quantitative estimate of drug-likeness (QED) is 0.674. The maximum atomic E-state index is 12.0. The van der Waals surface area contributed by atoms with Gasteiger partial charge in [-0.1, -0.05) is 0 Å². The minimum absolute atomic E-state index is 0.146. The van der Waals surface area contributed by atoms with Gasteiger partial charge in [-0.25, -0.2) is 4.99 Å². The van der Waals surface area contributed by atoms with Gasteiger partial charge >= 0.3 is 0 Å². The molecule has 1 aromatic carbocycles. The number of hydrogen-bond acceptors (Lipinski definition) is 8. The fraction of sp³-hybridized carbons (Fsp3) is 0.318. The van der Waals surface area contributed by atoms with Crippen LogP contribution in [0.3, 0.4) is 0 Å². The van der Waals surface area contributed by atoms with Gasteiger partial charge in [0.15, 0.2) is 5.58 Å². The van der Waals surface area contributed by atoms with Crippen molar-refractivity contribution >= 4 is 28.9 Å². The fourth-order valence-corrected chi connectivity index (χ4v) is 4.54. The van der Waals surface area contributed by atoms with Crippen molar-refractivity contribution in [3.05, 3.63) is 58.8 Å². The summed E-state index contributed by atoms with van der Waals surface area (Å²) < 4.78 is 11.3. The van der Waals surface area contributed by atoms with Gasteiger partial charge in [0.2, 0.25) is 5.91 Å². The number of nitrogens with one attached hydrogen (secondary N) is 1. The average molecular weight is 418 g/mol. The summed E-state index contributed by atoms with van der Waals surface area (Å²) >= 11 is 0. The third-order valence-corrected chi connectivity index (χ3v) is 6.19. The molecule has 9 heteroatoms. The second-order valence-electron chi connectivity index (χ2n) is 8.29. The minimum Gasteiger partial charge on any atom is -0.495 e. The SMILES string of the molecule is NC(=O)C(NC1=COCC2=C3C1=CN=C(c1ccc4nc(N)oc4c1)N3CC2)C1CC1. The van der Waals surface area contributed by atoms with E-state index < -0.39 is 6.04 Å². The van der Waals surface area contributed by atoms with Gasteiger partial charge in [-0.3, -0.25) is 4.79 Å². The summed E-state index contributed by atoms with van der Waals surface area (Å²) in [7, 11) is 0. The van der Waals surface area contributed by atoms with Gasteiger partial charge in [-0.15, -0.1) is 0 Å². The number of aliphatic imine (C=N–C) groups is 1. The molecule has 0 bridgehead atoms. The van der Waals surface area contributed by atoms with Gasteiger partial charge in [0.05, 0.1) is 11.4 Å². The molecule has 3 aliphatic heterocycles. The predicted molar refractivity (Wildman–Crippen MR) is 114 cm³/mol. The predicted octanol–water partition coefficient (Wildman–Crippen LogP) is 1.74. The number of nitrogens with two attached hydrogens (primary N) is 2. The van der Waals surface area contributed by atoms with Gasteiger partial charge in [0.25, 0.3) is 6.01 Å². The molecular formula is C22H22N6O3. The lowest BCUT2D eigenvalue weighted by Crippen LogP contribution is -2.43. The van der Waals surface area contributed by atoms with Crippen molar-refractivity contribution in [1.29, 1.82) is 0 Å². The Morgan fingerprint density at radius 2 is 2.19 bits per heavy atom. The Morgan fingerprint density at radius 3 is 3.00 bits per heavy atom. The summed E-state index contributed by atoms with van der Waals surface area (Å²) in [6.45, 7) is 1.31. The van der Waals surface area contributed by atoms with Gasteiger partial charge in [0, 0.05) is 23.9 Å². The Hall–Kier alpha value is -3.75. The van der Waals surface area contributed by atoms with Crippen LogP contribution in [0.25, 0.3) is 11.1 Å². The summed E-state index contributed by atoms with van der Waals surface area (Å²) in [6, 6.07) is 5.50. The largest absolute Gasteiger partial charge is 0.495 e. The molecule has 5 N–H and O–H groups in total. The Labute approximate surface area is 178 Å². The molecule has 0 radical (unpaired) electrons. The minimum atomic E-state index is -0.405. The van der Waals surface area contributed by atoms with E-state index in [1.54, 1.807) is 6.26 Å². The number of nitrogen functional groups attached to an aromatic ring is 1. The molecule has 1 saturated carbocycles. The van der Waals surface area contributed by atoms with E-state index in [2.05, 4.69) is 15.2 Å². The van der Waals surface area contributed by atoms with Crippen LogP contribution in [0.5, 0.6) is 0 Å². The number of nitrogens with zero attached hydrogens (tertiary/aromatic N) is 3. The number of amidine groups is 1. The number of primary amides is 1. The van der Waals surface area contributed by atoms with Crippen LogP contribution in [0.4, 0.5) is 6.01 Å². The standard InChI is InChI=1S/C22H22N6O3/c23-20(29)18(11-1-2-11)26-16-10-30-9-13-5-6-28-19(13)14(16)8-25-21(28)12-3-4-15-17(7-12)31-22(24)27-15/h3-4,7-8,10-11,18,26H,1-2,5-6,9H2,(H2,23,29)(H2,24,27). The lowest BCUT2D eigenvalue weighted by Gasteiger charge is -2.30. The lowest BCUT2D eigenvalue weighted by molar-refractivity contribution is -0.120. The monoisotopic (exact) mass is 418 g/mol. The molecule has 1 amide bonds. The van der Waals surface area contributed by atoms with Crippen molar-refractivity contribution in [2.45, 2.75) is 25.3 Å². The smallest absolute Gasteiger partial charge is 0.292 e. The van der Waals surface area contributed by atoms with Crippen LogP contribution in [0.15, 0.2) is 62.6 Å². The number of rotatable bonds is 5. The van der Waals surface area contributed by atoms with Crippen LogP contribution in [-0.4, -0.2) is 40.8 Å². The molecule has 158 valence electrons. The molecule has 1 atom stereocenters. The van der Waals surface area contributed by atoms with Crippen LogP contribution < -0.4 is 16.8 Å². The third kappa shape index (κ3) is 2.96. The summed E-state index contributed by atoms with van der Waals surface area (Å²) in [4.78, 5) is 23.1. The molecule has 31 heavy (non-hydrogen) atoms. The van der Waals surface area contributed by atoms with E-state index in [0.29, 0.717) is 17.7 Å². The highest BCUT2D eigenvalue weighted by Crippen LogP contribution is 2.39. The molecule has 4 heterocycles. The molecule has 1 aliphatic carbocycles. The normalized spacial score (nSPS) is 21.0. The van der Waals surface area contributed by atoms with Crippen molar-refractivity contribution in [1.82, 2.24) is 15.2 Å². The van der Waals surface area contributed by atoms with Gasteiger partial charge in [0.1, 0.15) is 30.3 Å². The van der Waals surface area contributed by atoms with Crippen molar-refractivity contribution in [2.75, 3.05) is 18.9 Å². The number of anilines is 1. The van der Waals surface area contributed by atoms with E-state index >= 15 is 0 Å². The zero-order valence-corrected chi connectivity index (χ0v) is 16.8. The number of hydrogen-bond donors (Lipinski definition) is 3. The van der Waals surface area contributed by atoms with E-state index in [1.807, 2.05) is 24.4 Å². The summed E-state index contributed by atoms with van der Waals surface area (Å²) in [6.07, 6.45) is 6.41. The van der Waals surface area contributed by atoms with Crippen LogP contribution in [-0.2, 0) is 9.53 Å². The Morgan fingerprint density at radius 1 is 1.32 bits per heavy atom. The summed E-state index contributed by atoms with van der Waals surface area (Å²) in [5.41, 5.74) is 17.6. The van der Waals surface area contributed by atoms with Crippen LogP contribution >= 0.6 is 0 Å². The third-order valence-electron chi connectivity index (χ3n) is 6.19. The molecule has 4 aliphatic rings. The highest BCUT2D eigenvalue weighted by molar-refractivity contribution is 6.04. The number of ether oxygens (including phenoxy) is 1. The van der Waals surface area contributed by atoms with Crippen LogP contribution in [0.1, 0.15) is 24.8 Å². The number of carbonyl (C=O) groups is 1. The number of aromatic nitrogens is 1. The van der Waals surface area contributed by atoms with Gasteiger partial charge < -0.3 is 30.8 Å². The van der Waals surface area contributed by atoms with Crippen molar-refractivity contribution < 1.29 is 13.9 Å². The second-order valence-corrected chi connectivity index (χ2v) is 8.29. The molecule has 1 fully saturated rings. The highest BCUT2D eigenvalue weighted by atomic mass is 16.5. The number of amides is 1. The molecular weight excluding hydrogens is 396 g/mol. The number of carbonyl (C=O) groups excluding carboxylic acids is 1. The Bertz CT molecular complexity index is 1230. The Kier molecular flexibility index (Phi) is 3.86. The zero-order valence-electron chi connectivity index (χ0n) is 16.8. The molecule has 2 aromatic rings. The maximum absolute atomic E-state index is 12.0. The van der Waals surface area contributed by atoms with Gasteiger partial charge in [-0.2, -0.15) is 4.98 Å². The molecule has 1 aromatic heterocycles. The molecule has 0 saturated heterocycles. The van der Waals surface area contributed by atoms with Crippen molar-refractivity contribution in [3.8, 4) is 0 Å². The molecule has 0 spiro atoms. The first-order chi connectivity index (χ1) is 15.1. The van der Waals surface area contributed by atoms with Crippen molar-refractivity contribution in [2.24, 2.45) is 16.6 Å². The van der Waals surface area contributed by atoms with E-state index in [1.165, 1.54) is 5.57 Å². The van der Waals surface area contributed by atoms with E-state index in [-0.39, 0.29) is 17.8 Å². The number of fused-ring (bicyclic) bond motifs is 1. The second kappa shape index (κ2) is 6.63. The van der Waals surface area contributed by atoms with Crippen LogP contribution in [0.2, 0.25) is 0 Å². The molecule has 6 rings (SSSR count). The zero-order chi connectivity index (χ0) is 21.1. The Balaban J connectivity index is 1.40. The topological polar surface area (TPSA) is 132 Å². The van der Waals surface area contributed by atoms with E-state index in [9.17, 15) is 4.79 Å². The van der Waals surface area contributed by atoms with Crippen molar-refractivity contribution in [3.63, 3.8) is 0 Å². The lowest BCUT2D eigenvalue weighted by atomic mass is 10.0. The fourth-order valence-electron chi connectivity index (χ4n) is 4.54. The highest BCUT2D eigenvalue weighted by Gasteiger charge is 2.39. The maximum Gasteiger partial charge on any atom is 0.292 e. The van der Waals surface area contributed by atoms with Crippen LogP contribution in [0, 0.1) is 5.92 Å². The number of oxazole rings is 1. The first kappa shape index (κ1) is 18.1.